The molecule has 0 radical (unpaired) electrons. The third-order valence-electron chi connectivity index (χ3n) is 2.45. The molecule has 0 aliphatic heterocycles. The molecule has 2 aromatic rings. The van der Waals surface area contributed by atoms with E-state index in [1.54, 1.807) is 0 Å². The predicted molar refractivity (Wildman–Crippen MR) is 69.6 cm³/mol. The number of benzene rings is 2. The van der Waals surface area contributed by atoms with Crippen LogP contribution in [0.15, 0.2) is 42.5 Å². The van der Waals surface area contributed by atoms with Crippen LogP contribution in [0.2, 0.25) is 0 Å². The van der Waals surface area contributed by atoms with Crippen molar-refractivity contribution in [1.29, 1.82) is 0 Å². The Bertz CT molecular complexity index is 575. The minimum atomic E-state index is -4.45. The standard InChI is InChI=1S/C13H7F4I/c14-8-5-6-12(18)10(7-8)9-3-1-2-4-11(9)13(15,16)17/h1-7H. The molecular weight excluding hydrogens is 359 g/mol. The quantitative estimate of drug-likeness (QED) is 0.486. The van der Waals surface area contributed by atoms with Crippen LogP contribution in [0.4, 0.5) is 17.6 Å². The normalized spacial score (nSPS) is 11.6. The number of alkyl halides is 3. The zero-order valence-corrected chi connectivity index (χ0v) is 11.1. The number of hydrogen-bond acceptors (Lipinski definition) is 0. The summed E-state index contributed by atoms with van der Waals surface area (Å²) < 4.78 is 52.4. The first kappa shape index (κ1) is 13.3. The van der Waals surface area contributed by atoms with Gasteiger partial charge in [0.1, 0.15) is 5.82 Å². The van der Waals surface area contributed by atoms with E-state index in [9.17, 15) is 17.6 Å². The summed E-state index contributed by atoms with van der Waals surface area (Å²) in [5.74, 6) is -0.553. The highest BCUT2D eigenvalue weighted by molar-refractivity contribution is 14.1. The smallest absolute Gasteiger partial charge is 0.207 e. The van der Waals surface area contributed by atoms with Gasteiger partial charge in [-0.15, -0.1) is 0 Å². The van der Waals surface area contributed by atoms with Gasteiger partial charge in [0.05, 0.1) is 5.56 Å². The molecule has 0 nitrogen and oxygen atoms in total. The van der Waals surface area contributed by atoms with E-state index in [4.69, 9.17) is 0 Å². The molecule has 0 saturated carbocycles. The van der Waals surface area contributed by atoms with Gasteiger partial charge in [0.2, 0.25) is 0 Å². The molecular formula is C13H7F4I. The fourth-order valence-corrected chi connectivity index (χ4v) is 2.30. The number of hydrogen-bond donors (Lipinski definition) is 0. The Morgan fingerprint density at radius 3 is 2.22 bits per heavy atom. The van der Waals surface area contributed by atoms with Crippen LogP contribution >= 0.6 is 22.6 Å². The average Bonchev–Trinajstić information content (AvgIpc) is 2.31. The molecule has 0 fully saturated rings. The molecule has 2 rings (SSSR count). The molecule has 0 aromatic heterocycles. The molecule has 0 atom stereocenters. The van der Waals surface area contributed by atoms with Crippen molar-refractivity contribution >= 4 is 22.6 Å². The van der Waals surface area contributed by atoms with E-state index >= 15 is 0 Å². The third kappa shape index (κ3) is 2.66. The van der Waals surface area contributed by atoms with E-state index in [0.29, 0.717) is 3.57 Å². The highest BCUT2D eigenvalue weighted by Gasteiger charge is 2.33. The predicted octanol–water partition coefficient (Wildman–Crippen LogP) is 5.12. The first-order valence-corrected chi connectivity index (χ1v) is 6.09. The molecule has 5 heteroatoms. The SMILES string of the molecule is Fc1ccc(I)c(-c2ccccc2C(F)(F)F)c1. The van der Waals surface area contributed by atoms with Gasteiger partial charge >= 0.3 is 6.18 Å². The maximum Gasteiger partial charge on any atom is 0.417 e. The van der Waals surface area contributed by atoms with E-state index in [1.807, 2.05) is 22.6 Å². The summed E-state index contributed by atoms with van der Waals surface area (Å²) in [4.78, 5) is 0. The highest BCUT2D eigenvalue weighted by atomic mass is 127. The van der Waals surface area contributed by atoms with E-state index in [1.165, 1.54) is 30.3 Å². The molecule has 18 heavy (non-hydrogen) atoms. The second kappa shape index (κ2) is 4.87. The van der Waals surface area contributed by atoms with E-state index in [2.05, 4.69) is 0 Å². The van der Waals surface area contributed by atoms with Gasteiger partial charge in [-0.1, -0.05) is 18.2 Å². The second-order valence-electron chi connectivity index (χ2n) is 3.67. The van der Waals surface area contributed by atoms with Crippen molar-refractivity contribution in [3.63, 3.8) is 0 Å². The maximum atomic E-state index is 13.2. The Balaban J connectivity index is 2.68. The van der Waals surface area contributed by atoms with Crippen LogP contribution in [0.5, 0.6) is 0 Å². The molecule has 0 bridgehead atoms. The molecule has 0 unspecified atom stereocenters. The Morgan fingerprint density at radius 1 is 0.889 bits per heavy atom. The van der Waals surface area contributed by atoms with Crippen LogP contribution in [0.3, 0.4) is 0 Å². The van der Waals surface area contributed by atoms with Crippen molar-refractivity contribution in [2.45, 2.75) is 6.18 Å². The minimum Gasteiger partial charge on any atom is -0.207 e. The molecule has 0 aliphatic carbocycles. The number of rotatable bonds is 1. The molecule has 0 spiro atoms. The van der Waals surface area contributed by atoms with E-state index in [0.717, 1.165) is 12.1 Å². The number of halogens is 5. The summed E-state index contributed by atoms with van der Waals surface area (Å²) in [6, 6.07) is 8.96. The van der Waals surface area contributed by atoms with E-state index in [-0.39, 0.29) is 11.1 Å². The summed E-state index contributed by atoms with van der Waals surface area (Å²) in [6.07, 6.45) is -4.45. The molecule has 0 N–H and O–H groups in total. The largest absolute Gasteiger partial charge is 0.417 e. The van der Waals surface area contributed by atoms with Gasteiger partial charge in [0.15, 0.2) is 0 Å². The zero-order valence-electron chi connectivity index (χ0n) is 8.93. The van der Waals surface area contributed by atoms with Crippen LogP contribution in [0.25, 0.3) is 11.1 Å². The lowest BCUT2D eigenvalue weighted by atomic mass is 9.99. The van der Waals surface area contributed by atoms with Crippen molar-refractivity contribution in [1.82, 2.24) is 0 Å². The van der Waals surface area contributed by atoms with Crippen LogP contribution in [-0.2, 0) is 6.18 Å². The van der Waals surface area contributed by atoms with Crippen LogP contribution in [0.1, 0.15) is 5.56 Å². The summed E-state index contributed by atoms with van der Waals surface area (Å²) in [6.45, 7) is 0. The average molecular weight is 366 g/mol. The van der Waals surface area contributed by atoms with E-state index < -0.39 is 17.6 Å². The third-order valence-corrected chi connectivity index (χ3v) is 3.39. The van der Waals surface area contributed by atoms with Gasteiger partial charge in [-0.2, -0.15) is 13.2 Å². The van der Waals surface area contributed by atoms with Gasteiger partial charge in [-0.25, -0.2) is 4.39 Å². The Morgan fingerprint density at radius 2 is 1.56 bits per heavy atom. The maximum absolute atomic E-state index is 13.2. The van der Waals surface area contributed by atoms with Crippen LogP contribution < -0.4 is 0 Å². The van der Waals surface area contributed by atoms with Crippen molar-refractivity contribution in [2.24, 2.45) is 0 Å². The summed E-state index contributed by atoms with van der Waals surface area (Å²) in [5.41, 5.74) is -0.508. The summed E-state index contributed by atoms with van der Waals surface area (Å²) >= 11 is 1.89. The molecule has 94 valence electrons. The molecule has 0 heterocycles. The Hall–Kier alpha value is -1.11. The minimum absolute atomic E-state index is 0.00565. The molecule has 0 aliphatic rings. The lowest BCUT2D eigenvalue weighted by Crippen LogP contribution is -2.07. The molecule has 0 saturated heterocycles. The van der Waals surface area contributed by atoms with Gasteiger partial charge in [0, 0.05) is 3.57 Å². The lowest BCUT2D eigenvalue weighted by molar-refractivity contribution is -0.137. The van der Waals surface area contributed by atoms with Crippen molar-refractivity contribution in [2.75, 3.05) is 0 Å². The zero-order chi connectivity index (χ0) is 13.3. The fraction of sp³-hybridized carbons (Fsp3) is 0.0769. The van der Waals surface area contributed by atoms with Crippen molar-refractivity contribution in [3.8, 4) is 11.1 Å². The summed E-state index contributed by atoms with van der Waals surface area (Å²) in [5, 5.41) is 0. The Labute approximate surface area is 115 Å². The second-order valence-corrected chi connectivity index (χ2v) is 4.83. The van der Waals surface area contributed by atoms with Crippen molar-refractivity contribution in [3.05, 3.63) is 57.4 Å². The monoisotopic (exact) mass is 366 g/mol. The lowest BCUT2D eigenvalue weighted by Gasteiger charge is -2.13. The topological polar surface area (TPSA) is 0 Å². The molecule has 2 aromatic carbocycles. The Kier molecular flexibility index (Phi) is 3.61. The van der Waals surface area contributed by atoms with Crippen LogP contribution in [0, 0.1) is 9.39 Å². The first-order chi connectivity index (χ1) is 8.39. The molecule has 0 amide bonds. The van der Waals surface area contributed by atoms with Gasteiger partial charge in [0.25, 0.3) is 0 Å². The van der Waals surface area contributed by atoms with Gasteiger partial charge in [-0.3, -0.25) is 0 Å². The highest BCUT2D eigenvalue weighted by Crippen LogP contribution is 2.38. The van der Waals surface area contributed by atoms with Crippen molar-refractivity contribution < 1.29 is 17.6 Å². The van der Waals surface area contributed by atoms with Gasteiger partial charge in [-0.05, 0) is 58.0 Å². The van der Waals surface area contributed by atoms with Gasteiger partial charge < -0.3 is 0 Å². The van der Waals surface area contributed by atoms with Crippen LogP contribution in [-0.4, -0.2) is 0 Å². The first-order valence-electron chi connectivity index (χ1n) is 5.01. The summed E-state index contributed by atoms with van der Waals surface area (Å²) in [7, 11) is 0. The fourth-order valence-electron chi connectivity index (χ4n) is 1.67.